The Labute approximate surface area is 257 Å². The zero-order valence-electron chi connectivity index (χ0n) is 23.6. The maximum atomic E-state index is 5.18. The van der Waals surface area contributed by atoms with E-state index in [9.17, 15) is 0 Å². The lowest BCUT2D eigenvalue weighted by Gasteiger charge is -2.08. The van der Waals surface area contributed by atoms with Gasteiger partial charge in [0.05, 0.1) is 22.9 Å². The lowest BCUT2D eigenvalue weighted by Crippen LogP contribution is -2.26. The number of hydrogen-bond donors (Lipinski definition) is 0. The fraction of sp³-hybridized carbons (Fsp3) is 0. The number of para-hydroxylation sites is 2. The van der Waals surface area contributed by atoms with Gasteiger partial charge in [-0.3, -0.25) is 18.8 Å². The summed E-state index contributed by atoms with van der Waals surface area (Å²) in [5.41, 5.74) is 7.38. The number of aromatic nitrogens is 13. The molecule has 0 saturated heterocycles. The van der Waals surface area contributed by atoms with Gasteiger partial charge in [0, 0.05) is 51.9 Å². The van der Waals surface area contributed by atoms with Gasteiger partial charge in [-0.05, 0) is 12.1 Å². The molecule has 0 amide bonds. The molecule has 10 rings (SSSR count). The molecule has 2 aromatic carbocycles. The van der Waals surface area contributed by atoms with Crippen molar-refractivity contribution >= 4 is 60.5 Å². The third kappa shape index (κ3) is 3.30. The molecule has 0 radical (unpaired) electrons. The Morgan fingerprint density at radius 1 is 0.500 bits per heavy atom. The Hall–Kier alpha value is -6.89. The van der Waals surface area contributed by atoms with E-state index in [4.69, 9.17) is 19.9 Å². The predicted molar refractivity (Wildman–Crippen MR) is 169 cm³/mol. The highest BCUT2D eigenvalue weighted by molar-refractivity contribution is 6.22. The summed E-state index contributed by atoms with van der Waals surface area (Å²) in [6.07, 6.45) is 14.5. The first kappa shape index (κ1) is 24.5. The molecule has 8 heterocycles. The van der Waals surface area contributed by atoms with Gasteiger partial charge in [-0.2, -0.15) is 0 Å². The van der Waals surface area contributed by atoms with E-state index in [1.807, 2.05) is 18.2 Å². The summed E-state index contributed by atoms with van der Waals surface area (Å²) >= 11 is 0. The van der Waals surface area contributed by atoms with Crippen LogP contribution in [0.25, 0.3) is 71.7 Å². The molecular weight excluding hydrogens is 578 g/mol. The average Bonchev–Trinajstić information content (AvgIpc) is 3.60. The molecule has 13 nitrogen and oxygen atoms in total. The van der Waals surface area contributed by atoms with Crippen molar-refractivity contribution < 1.29 is 0 Å². The van der Waals surface area contributed by atoms with Crippen molar-refractivity contribution in [2.45, 2.75) is 0 Å². The highest BCUT2D eigenvalue weighted by Crippen LogP contribution is 2.36. The maximum absolute atomic E-state index is 5.18. The van der Waals surface area contributed by atoms with Gasteiger partial charge in [-0.1, -0.05) is 36.4 Å². The van der Waals surface area contributed by atoms with Gasteiger partial charge in [0.25, 0.3) is 0 Å². The fourth-order valence-electron chi connectivity index (χ4n) is 6.44. The van der Waals surface area contributed by atoms with Crippen LogP contribution in [0, 0.1) is 0 Å². The van der Waals surface area contributed by atoms with Crippen LogP contribution in [0.5, 0.6) is 0 Å². The smallest absolute Gasteiger partial charge is 0.170 e. The second-order valence-electron chi connectivity index (χ2n) is 10.6. The number of fused-ring (bicyclic) bond motifs is 7. The third-order valence-corrected chi connectivity index (χ3v) is 8.23. The molecule has 0 fully saturated rings. The summed E-state index contributed by atoms with van der Waals surface area (Å²) < 4.78 is 4.19. The van der Waals surface area contributed by atoms with Crippen LogP contribution in [0.3, 0.4) is 0 Å². The van der Waals surface area contributed by atoms with E-state index < -0.39 is 0 Å². The van der Waals surface area contributed by atoms with Crippen molar-refractivity contribution in [3.05, 3.63) is 122 Å². The molecule has 0 atom stereocenters. The first-order chi connectivity index (χ1) is 22.9. The minimum absolute atomic E-state index is 0.364. The topological polar surface area (TPSA) is 151 Å². The van der Waals surface area contributed by atoms with E-state index in [1.165, 1.54) is 25.3 Å². The number of hydrogen-bond acceptors (Lipinski definition) is 11. The van der Waals surface area contributed by atoms with E-state index in [0.29, 0.717) is 34.0 Å². The van der Waals surface area contributed by atoms with Crippen LogP contribution in [0.4, 0.5) is 0 Å². The number of rotatable bonds is 3. The number of nitrogens with zero attached hydrogens (tertiary/aromatic N) is 13. The van der Waals surface area contributed by atoms with Crippen molar-refractivity contribution in [3.63, 3.8) is 0 Å². The first-order valence-electron chi connectivity index (χ1n) is 14.3. The Bertz CT molecular complexity index is 2810. The van der Waals surface area contributed by atoms with Crippen LogP contribution in [0.2, 0.25) is 0 Å². The van der Waals surface area contributed by atoms with Gasteiger partial charge < -0.3 is 0 Å². The Morgan fingerprint density at radius 2 is 1.07 bits per heavy atom. The molecule has 8 aromatic heterocycles. The highest BCUT2D eigenvalue weighted by Gasteiger charge is 2.25. The van der Waals surface area contributed by atoms with E-state index in [2.05, 4.69) is 74.0 Å². The van der Waals surface area contributed by atoms with Gasteiger partial charge in [0.15, 0.2) is 22.9 Å². The van der Waals surface area contributed by atoms with Crippen molar-refractivity contribution in [2.24, 2.45) is 0 Å². The summed E-state index contributed by atoms with van der Waals surface area (Å²) in [7, 11) is 0. The van der Waals surface area contributed by atoms with Crippen molar-refractivity contribution in [2.75, 3.05) is 0 Å². The minimum atomic E-state index is 0.364. The summed E-state index contributed by atoms with van der Waals surface area (Å²) in [6, 6.07) is 16.3. The monoisotopic (exact) mass is 595 g/mol. The van der Waals surface area contributed by atoms with Crippen LogP contribution in [-0.4, -0.2) is 63.6 Å². The molecule has 0 unspecified atom stereocenters. The van der Waals surface area contributed by atoms with Gasteiger partial charge >= 0.3 is 0 Å². The van der Waals surface area contributed by atoms with Gasteiger partial charge in [-0.25, -0.2) is 44.9 Å². The maximum Gasteiger partial charge on any atom is 0.170 e. The standard InChI is InChI=1S/C33H17N13/c1-3-19-20-4-2-6-22-26-32(39-13-23(44-26)18-7-9-34-10-8-18)46(28(20)22)33(45-27(19)21(5-1)25-31(45)38-12-11-37-25)24(29-40-14-35-15-41-29)30-42-16-36-17-43-30/h1-17H. The van der Waals surface area contributed by atoms with Gasteiger partial charge in [-0.15, -0.1) is 0 Å². The van der Waals surface area contributed by atoms with E-state index in [-0.39, 0.29) is 0 Å². The summed E-state index contributed by atoms with van der Waals surface area (Å²) in [4.78, 5) is 50.7. The zero-order valence-corrected chi connectivity index (χ0v) is 23.6. The lowest BCUT2D eigenvalue weighted by molar-refractivity contribution is 0.938. The SMILES string of the molecule is c1cc2c3cccc4c5nc(-c6ccncc6)cnc5n(c(=C(c5ncncn5)c5ncncn5)n5c6nccnc6c(c1)c25)c34. The summed E-state index contributed by atoms with van der Waals surface area (Å²) in [6.45, 7) is 0. The molecule has 0 aliphatic carbocycles. The van der Waals surface area contributed by atoms with E-state index >= 15 is 0 Å². The second kappa shape index (κ2) is 9.30. The quantitative estimate of drug-likeness (QED) is 0.293. The van der Waals surface area contributed by atoms with Crippen molar-refractivity contribution in [1.29, 1.82) is 0 Å². The molecule has 0 bridgehead atoms. The number of pyridine rings is 1. The molecular formula is C33H17N13. The molecule has 0 spiro atoms. The van der Waals surface area contributed by atoms with Crippen LogP contribution < -0.4 is 5.48 Å². The van der Waals surface area contributed by atoms with Crippen molar-refractivity contribution in [1.82, 2.24) is 63.6 Å². The van der Waals surface area contributed by atoms with Gasteiger partial charge in [0.1, 0.15) is 47.4 Å². The Kier molecular flexibility index (Phi) is 4.96. The third-order valence-electron chi connectivity index (χ3n) is 8.23. The van der Waals surface area contributed by atoms with Crippen LogP contribution >= 0.6 is 0 Å². The average molecular weight is 596 g/mol. The Morgan fingerprint density at radius 3 is 1.72 bits per heavy atom. The molecule has 214 valence electrons. The highest BCUT2D eigenvalue weighted by atomic mass is 15.1. The Balaban J connectivity index is 1.60. The molecule has 13 heteroatoms. The van der Waals surface area contributed by atoms with E-state index in [1.54, 1.807) is 31.0 Å². The summed E-state index contributed by atoms with van der Waals surface area (Å²) in [5.74, 6) is 0.728. The summed E-state index contributed by atoms with van der Waals surface area (Å²) in [5, 5.41) is 3.87. The predicted octanol–water partition coefficient (Wildman–Crippen LogP) is 3.78. The second-order valence-corrected chi connectivity index (χ2v) is 10.6. The zero-order chi connectivity index (χ0) is 30.2. The van der Waals surface area contributed by atoms with Crippen LogP contribution in [0.1, 0.15) is 11.6 Å². The van der Waals surface area contributed by atoms with Crippen LogP contribution in [-0.2, 0) is 0 Å². The van der Waals surface area contributed by atoms with E-state index in [0.717, 1.165) is 54.9 Å². The normalized spacial score (nSPS) is 11.9. The molecule has 10 aromatic rings. The van der Waals surface area contributed by atoms with Gasteiger partial charge in [0.2, 0.25) is 0 Å². The number of benzene rings is 2. The largest absolute Gasteiger partial charge is 0.276 e. The molecule has 0 N–H and O–H groups in total. The first-order valence-corrected chi connectivity index (χ1v) is 14.3. The fourth-order valence-corrected chi connectivity index (χ4v) is 6.44. The molecule has 0 saturated carbocycles. The molecule has 46 heavy (non-hydrogen) atoms. The minimum Gasteiger partial charge on any atom is -0.276 e. The lowest BCUT2D eigenvalue weighted by atomic mass is 10.1. The molecule has 0 aliphatic rings. The van der Waals surface area contributed by atoms with Crippen LogP contribution in [0.15, 0.2) is 105 Å². The van der Waals surface area contributed by atoms with Crippen molar-refractivity contribution in [3.8, 4) is 11.3 Å². The molecule has 0 aliphatic heterocycles.